The van der Waals surface area contributed by atoms with Gasteiger partial charge < -0.3 is 10.1 Å². The van der Waals surface area contributed by atoms with E-state index >= 15 is 0 Å². The standard InChI is InChI=1S/C16H24FNO/c1-3-5-6-7-13-11-15(18-4-2)14-10-12(17)8-9-16(14)19-13/h8-10,13,15,18H,3-7,11H2,1-2H3. The Morgan fingerprint density at radius 3 is 2.89 bits per heavy atom. The van der Waals surface area contributed by atoms with Crippen molar-refractivity contribution in [3.8, 4) is 5.75 Å². The molecule has 0 spiro atoms. The van der Waals surface area contributed by atoms with Crippen LogP contribution in [0.4, 0.5) is 4.39 Å². The Kier molecular flexibility index (Phi) is 5.20. The number of unbranched alkanes of at least 4 members (excludes halogenated alkanes) is 2. The molecule has 3 heteroatoms. The molecule has 1 aromatic rings. The first-order valence-electron chi connectivity index (χ1n) is 7.44. The molecule has 2 atom stereocenters. The SMILES string of the molecule is CCCCCC1CC(NCC)c2cc(F)ccc2O1. The van der Waals surface area contributed by atoms with Gasteiger partial charge in [-0.3, -0.25) is 0 Å². The largest absolute Gasteiger partial charge is 0.490 e. The van der Waals surface area contributed by atoms with E-state index in [1.807, 2.05) is 0 Å². The highest BCUT2D eigenvalue weighted by Crippen LogP contribution is 2.36. The minimum atomic E-state index is -0.185. The van der Waals surface area contributed by atoms with Crippen molar-refractivity contribution in [2.75, 3.05) is 6.54 Å². The first-order valence-corrected chi connectivity index (χ1v) is 7.44. The molecule has 1 aliphatic rings. The van der Waals surface area contributed by atoms with Gasteiger partial charge in [0.2, 0.25) is 0 Å². The van der Waals surface area contributed by atoms with Crippen LogP contribution in [-0.4, -0.2) is 12.6 Å². The van der Waals surface area contributed by atoms with Crippen LogP contribution >= 0.6 is 0 Å². The molecule has 1 aliphatic heterocycles. The van der Waals surface area contributed by atoms with Crippen LogP contribution in [0.15, 0.2) is 18.2 Å². The highest BCUT2D eigenvalue weighted by atomic mass is 19.1. The van der Waals surface area contributed by atoms with E-state index in [1.165, 1.54) is 25.3 Å². The first-order chi connectivity index (χ1) is 9.24. The van der Waals surface area contributed by atoms with Gasteiger partial charge in [0.05, 0.1) is 0 Å². The van der Waals surface area contributed by atoms with E-state index < -0.39 is 0 Å². The smallest absolute Gasteiger partial charge is 0.124 e. The Labute approximate surface area is 115 Å². The summed E-state index contributed by atoms with van der Waals surface area (Å²) < 4.78 is 19.4. The van der Waals surface area contributed by atoms with E-state index in [2.05, 4.69) is 19.2 Å². The molecule has 0 saturated heterocycles. The highest BCUT2D eigenvalue weighted by molar-refractivity contribution is 5.38. The number of benzene rings is 1. The average Bonchev–Trinajstić information content (AvgIpc) is 2.40. The molecule has 2 rings (SSSR count). The Bertz CT molecular complexity index is 408. The summed E-state index contributed by atoms with van der Waals surface area (Å²) in [6, 6.07) is 5.07. The normalized spacial score (nSPS) is 21.8. The van der Waals surface area contributed by atoms with Crippen LogP contribution in [0.3, 0.4) is 0 Å². The molecule has 2 nitrogen and oxygen atoms in total. The second kappa shape index (κ2) is 6.90. The van der Waals surface area contributed by atoms with Gasteiger partial charge >= 0.3 is 0 Å². The van der Waals surface area contributed by atoms with Gasteiger partial charge in [-0.05, 0) is 37.6 Å². The zero-order chi connectivity index (χ0) is 13.7. The number of nitrogens with one attached hydrogen (secondary N) is 1. The summed E-state index contributed by atoms with van der Waals surface area (Å²) >= 11 is 0. The van der Waals surface area contributed by atoms with Crippen molar-refractivity contribution in [2.45, 2.75) is 58.1 Å². The van der Waals surface area contributed by atoms with Crippen LogP contribution in [0, 0.1) is 5.82 Å². The van der Waals surface area contributed by atoms with Gasteiger partial charge in [0.15, 0.2) is 0 Å². The molecule has 2 unspecified atom stereocenters. The second-order valence-electron chi connectivity index (χ2n) is 5.26. The van der Waals surface area contributed by atoms with Crippen molar-refractivity contribution < 1.29 is 9.13 Å². The summed E-state index contributed by atoms with van der Waals surface area (Å²) in [4.78, 5) is 0. The fourth-order valence-electron chi connectivity index (χ4n) is 2.75. The van der Waals surface area contributed by atoms with E-state index in [-0.39, 0.29) is 18.0 Å². The summed E-state index contributed by atoms with van der Waals surface area (Å²) in [6.45, 7) is 5.18. The van der Waals surface area contributed by atoms with Crippen molar-refractivity contribution in [1.29, 1.82) is 0 Å². The topological polar surface area (TPSA) is 21.3 Å². The first kappa shape index (κ1) is 14.3. The van der Waals surface area contributed by atoms with Crippen LogP contribution < -0.4 is 10.1 Å². The monoisotopic (exact) mass is 265 g/mol. The van der Waals surface area contributed by atoms with Crippen molar-refractivity contribution in [3.05, 3.63) is 29.6 Å². The Morgan fingerprint density at radius 1 is 1.32 bits per heavy atom. The predicted molar refractivity (Wildman–Crippen MR) is 76.0 cm³/mol. The number of hydrogen-bond acceptors (Lipinski definition) is 2. The lowest BCUT2D eigenvalue weighted by Gasteiger charge is -2.32. The van der Waals surface area contributed by atoms with Crippen molar-refractivity contribution in [2.24, 2.45) is 0 Å². The minimum Gasteiger partial charge on any atom is -0.490 e. The third-order valence-corrected chi connectivity index (χ3v) is 3.72. The van der Waals surface area contributed by atoms with Crippen molar-refractivity contribution in [3.63, 3.8) is 0 Å². The molecule has 0 saturated carbocycles. The molecule has 0 bridgehead atoms. The molecule has 0 fully saturated rings. The van der Waals surface area contributed by atoms with E-state index in [1.54, 1.807) is 12.1 Å². The predicted octanol–water partition coefficient (Wildman–Crippen LogP) is 4.21. The number of rotatable bonds is 6. The zero-order valence-corrected chi connectivity index (χ0v) is 11.9. The molecule has 1 N–H and O–H groups in total. The molecule has 0 aromatic heterocycles. The van der Waals surface area contributed by atoms with Crippen molar-refractivity contribution >= 4 is 0 Å². The maximum atomic E-state index is 13.4. The number of fused-ring (bicyclic) bond motifs is 1. The van der Waals surface area contributed by atoms with Gasteiger partial charge in [-0.2, -0.15) is 0 Å². The molecular formula is C16H24FNO. The van der Waals surface area contributed by atoms with Crippen LogP contribution in [0.5, 0.6) is 5.75 Å². The molecule has 0 radical (unpaired) electrons. The van der Waals surface area contributed by atoms with E-state index in [0.717, 1.165) is 30.7 Å². The molecule has 19 heavy (non-hydrogen) atoms. The van der Waals surface area contributed by atoms with Gasteiger partial charge in [-0.1, -0.05) is 26.7 Å². The number of ether oxygens (including phenoxy) is 1. The third-order valence-electron chi connectivity index (χ3n) is 3.72. The van der Waals surface area contributed by atoms with Gasteiger partial charge in [0.25, 0.3) is 0 Å². The van der Waals surface area contributed by atoms with Crippen molar-refractivity contribution in [1.82, 2.24) is 5.32 Å². The van der Waals surface area contributed by atoms with E-state index in [9.17, 15) is 4.39 Å². The lowest BCUT2D eigenvalue weighted by Crippen LogP contribution is -2.33. The average molecular weight is 265 g/mol. The Morgan fingerprint density at radius 2 is 2.16 bits per heavy atom. The van der Waals surface area contributed by atoms with Crippen LogP contribution in [0.1, 0.15) is 57.6 Å². The summed E-state index contributed by atoms with van der Waals surface area (Å²) in [5.41, 5.74) is 0.966. The number of hydrogen-bond donors (Lipinski definition) is 1. The Hall–Kier alpha value is -1.09. The maximum absolute atomic E-state index is 13.4. The molecular weight excluding hydrogens is 241 g/mol. The molecule has 106 valence electrons. The summed E-state index contributed by atoms with van der Waals surface area (Å²) in [5, 5.41) is 3.44. The lowest BCUT2D eigenvalue weighted by atomic mass is 9.93. The van der Waals surface area contributed by atoms with Gasteiger partial charge in [-0.15, -0.1) is 0 Å². The van der Waals surface area contributed by atoms with Crippen LogP contribution in [0.25, 0.3) is 0 Å². The fourth-order valence-corrected chi connectivity index (χ4v) is 2.75. The fraction of sp³-hybridized carbons (Fsp3) is 0.625. The number of halogens is 1. The van der Waals surface area contributed by atoms with Gasteiger partial charge in [0.1, 0.15) is 17.7 Å². The molecule has 1 aromatic carbocycles. The lowest BCUT2D eigenvalue weighted by molar-refractivity contribution is 0.138. The Balaban J connectivity index is 2.09. The zero-order valence-electron chi connectivity index (χ0n) is 11.9. The molecule has 0 aliphatic carbocycles. The van der Waals surface area contributed by atoms with Gasteiger partial charge in [-0.25, -0.2) is 4.39 Å². The third kappa shape index (κ3) is 3.69. The van der Waals surface area contributed by atoms with Crippen LogP contribution in [-0.2, 0) is 0 Å². The summed E-state index contributed by atoms with van der Waals surface area (Å²) in [5.74, 6) is 0.662. The molecule has 1 heterocycles. The summed E-state index contributed by atoms with van der Waals surface area (Å²) in [6.07, 6.45) is 5.97. The van der Waals surface area contributed by atoms with Gasteiger partial charge in [0, 0.05) is 18.0 Å². The molecule has 0 amide bonds. The minimum absolute atomic E-state index is 0.185. The maximum Gasteiger partial charge on any atom is 0.124 e. The quantitative estimate of drug-likeness (QED) is 0.778. The second-order valence-corrected chi connectivity index (χ2v) is 5.26. The summed E-state index contributed by atoms with van der Waals surface area (Å²) in [7, 11) is 0. The van der Waals surface area contributed by atoms with E-state index in [4.69, 9.17) is 4.74 Å². The highest BCUT2D eigenvalue weighted by Gasteiger charge is 2.27. The van der Waals surface area contributed by atoms with E-state index in [0.29, 0.717) is 0 Å². The van der Waals surface area contributed by atoms with Crippen LogP contribution in [0.2, 0.25) is 0 Å².